The van der Waals surface area contributed by atoms with Crippen molar-refractivity contribution in [1.29, 1.82) is 0 Å². The molecule has 2 aliphatic rings. The number of likely N-dealkylation sites (N-methyl/N-ethyl adjacent to an activating group) is 1. The molecule has 1 atom stereocenters. The van der Waals surface area contributed by atoms with Crippen LogP contribution in [0.2, 0.25) is 0 Å². The monoisotopic (exact) mass is 616 g/mol. The van der Waals surface area contributed by atoms with Crippen LogP contribution in [-0.4, -0.2) is 126 Å². The van der Waals surface area contributed by atoms with Crippen molar-refractivity contribution in [2.45, 2.75) is 25.8 Å². The number of nitrogens with zero attached hydrogens (tertiary/aromatic N) is 5. The van der Waals surface area contributed by atoms with Crippen LogP contribution < -0.4 is 10.2 Å². The number of nitrogens with one attached hydrogen (secondary N) is 1. The Morgan fingerprint density at radius 1 is 0.977 bits per heavy atom. The second-order valence-corrected chi connectivity index (χ2v) is 12.6. The average molecular weight is 617 g/mol. The summed E-state index contributed by atoms with van der Waals surface area (Å²) in [5.41, 5.74) is 2.22. The highest BCUT2D eigenvalue weighted by molar-refractivity contribution is 7.51. The molecule has 14 heteroatoms. The topological polar surface area (TPSA) is 156 Å². The molecule has 1 aromatic carbocycles. The molecule has 0 aliphatic carbocycles. The summed E-state index contributed by atoms with van der Waals surface area (Å²) in [6.45, 7) is 6.24. The Kier molecular flexibility index (Phi) is 11.1. The Morgan fingerprint density at radius 2 is 1.63 bits per heavy atom. The Bertz CT molecular complexity index is 1310. The zero-order chi connectivity index (χ0) is 31.0. The van der Waals surface area contributed by atoms with Crippen molar-refractivity contribution in [3.8, 4) is 11.3 Å². The number of hydrogen-bond donors (Lipinski definition) is 3. The molecule has 2 fully saturated rings. The van der Waals surface area contributed by atoms with E-state index in [1.165, 1.54) is 9.80 Å². The molecule has 0 bridgehead atoms. The van der Waals surface area contributed by atoms with Crippen LogP contribution in [0.15, 0.2) is 42.5 Å². The van der Waals surface area contributed by atoms with Gasteiger partial charge < -0.3 is 39.4 Å². The van der Waals surface area contributed by atoms with E-state index < -0.39 is 37.7 Å². The Morgan fingerprint density at radius 3 is 2.26 bits per heavy atom. The minimum Gasteiger partial charge on any atom is -0.449 e. The lowest BCUT2D eigenvalue weighted by molar-refractivity contribution is -0.134. The number of benzene rings is 1. The number of aromatic nitrogens is 1. The zero-order valence-electron chi connectivity index (χ0n) is 24.7. The molecule has 0 saturated carbocycles. The molecule has 0 radical (unpaired) electrons. The third-order valence-corrected chi connectivity index (χ3v) is 8.42. The molecule has 3 amide bonds. The lowest BCUT2D eigenvalue weighted by Crippen LogP contribution is -2.56. The summed E-state index contributed by atoms with van der Waals surface area (Å²) in [5, 5.41) is 2.55. The third kappa shape index (κ3) is 9.24. The second-order valence-electron chi connectivity index (χ2n) is 10.9. The highest BCUT2D eigenvalue weighted by atomic mass is 31.2. The van der Waals surface area contributed by atoms with E-state index in [2.05, 4.69) is 27.1 Å². The van der Waals surface area contributed by atoms with Gasteiger partial charge in [0.05, 0.1) is 18.5 Å². The molecule has 234 valence electrons. The Labute approximate surface area is 252 Å². The predicted molar refractivity (Wildman–Crippen MR) is 162 cm³/mol. The van der Waals surface area contributed by atoms with Crippen molar-refractivity contribution in [2.24, 2.45) is 0 Å². The van der Waals surface area contributed by atoms with E-state index in [-0.39, 0.29) is 31.9 Å². The van der Waals surface area contributed by atoms with Gasteiger partial charge in [-0.1, -0.05) is 43.7 Å². The van der Waals surface area contributed by atoms with Gasteiger partial charge in [-0.2, -0.15) is 0 Å². The number of amides is 3. The van der Waals surface area contributed by atoms with E-state index in [0.717, 1.165) is 50.3 Å². The summed E-state index contributed by atoms with van der Waals surface area (Å²) < 4.78 is 17.3. The maximum atomic E-state index is 13.6. The van der Waals surface area contributed by atoms with Crippen molar-refractivity contribution >= 4 is 31.2 Å². The van der Waals surface area contributed by atoms with Crippen LogP contribution in [0.5, 0.6) is 0 Å². The summed E-state index contributed by atoms with van der Waals surface area (Å²) in [5.74, 6) is -1.34. The number of ether oxygens (including phenoxy) is 1. The van der Waals surface area contributed by atoms with E-state index in [1.807, 2.05) is 43.3 Å². The smallest absolute Gasteiger partial charge is 0.409 e. The van der Waals surface area contributed by atoms with Gasteiger partial charge in [-0.15, -0.1) is 0 Å². The standard InChI is InChI=1S/C29H41N6O7P/c1-3-4-18-42-29(38)35-16-14-34(15-17-35)28(37)26(21-43(39,40)41)31-27(36)25-20-23(33-12-10-32(2)11-13-33)19-24(30-25)22-8-6-5-7-9-22/h5-9,19-20,26H,3-4,10-18,21H2,1-2H3,(H,31,36)(H2,39,40,41)/t26-/m0/s1. The van der Waals surface area contributed by atoms with Crippen LogP contribution in [0.25, 0.3) is 11.3 Å². The van der Waals surface area contributed by atoms with Crippen molar-refractivity contribution < 1.29 is 33.5 Å². The van der Waals surface area contributed by atoms with Crippen LogP contribution >= 0.6 is 7.60 Å². The fraction of sp³-hybridized carbons (Fsp3) is 0.517. The maximum absolute atomic E-state index is 13.6. The Hall–Kier alpha value is -3.51. The molecule has 0 unspecified atom stereocenters. The molecule has 2 aromatic rings. The van der Waals surface area contributed by atoms with Gasteiger partial charge >= 0.3 is 13.7 Å². The van der Waals surface area contributed by atoms with Gasteiger partial charge in [0.25, 0.3) is 5.91 Å². The van der Waals surface area contributed by atoms with Crippen molar-refractivity contribution in [2.75, 3.05) is 77.1 Å². The van der Waals surface area contributed by atoms with Gasteiger partial charge in [0, 0.05) is 63.6 Å². The SMILES string of the molecule is CCCCOC(=O)N1CCN(C(=O)[C@H](CP(=O)(O)O)NC(=O)c2cc(N3CCN(C)CC3)cc(-c3ccccc3)n2)CC1. The highest BCUT2D eigenvalue weighted by Crippen LogP contribution is 2.35. The molecule has 4 rings (SSSR count). The number of pyridine rings is 1. The molecular formula is C29H41N6O7P. The summed E-state index contributed by atoms with van der Waals surface area (Å²) in [4.78, 5) is 70.7. The van der Waals surface area contributed by atoms with Gasteiger partial charge in [-0.3, -0.25) is 14.2 Å². The lowest BCUT2D eigenvalue weighted by Gasteiger charge is -2.36. The number of piperazine rings is 2. The molecule has 13 nitrogen and oxygen atoms in total. The molecule has 3 heterocycles. The van der Waals surface area contributed by atoms with Crippen molar-refractivity contribution in [3.05, 3.63) is 48.2 Å². The highest BCUT2D eigenvalue weighted by Gasteiger charge is 2.35. The van der Waals surface area contributed by atoms with E-state index in [0.29, 0.717) is 12.3 Å². The molecule has 3 N–H and O–H groups in total. The first-order valence-electron chi connectivity index (χ1n) is 14.6. The lowest BCUT2D eigenvalue weighted by atomic mass is 10.1. The normalized spacial score (nSPS) is 17.0. The summed E-state index contributed by atoms with van der Waals surface area (Å²) in [6.07, 6.45) is 0.334. The Balaban J connectivity index is 1.52. The fourth-order valence-electron chi connectivity index (χ4n) is 5.02. The van der Waals surface area contributed by atoms with Gasteiger partial charge in [-0.25, -0.2) is 9.78 Å². The maximum Gasteiger partial charge on any atom is 0.409 e. The van der Waals surface area contributed by atoms with Gasteiger partial charge in [0.2, 0.25) is 5.91 Å². The van der Waals surface area contributed by atoms with Crippen LogP contribution in [0.3, 0.4) is 0 Å². The average Bonchev–Trinajstić information content (AvgIpc) is 3.00. The molecule has 1 aromatic heterocycles. The number of hydrogen-bond acceptors (Lipinski definition) is 8. The molecule has 43 heavy (non-hydrogen) atoms. The van der Waals surface area contributed by atoms with Crippen LogP contribution in [0, 0.1) is 0 Å². The number of unbranched alkanes of at least 4 members (excludes halogenated alkanes) is 1. The minimum absolute atomic E-state index is 0.0402. The van der Waals surface area contributed by atoms with Gasteiger partial charge in [0.1, 0.15) is 11.7 Å². The van der Waals surface area contributed by atoms with Crippen LogP contribution in [0.1, 0.15) is 30.3 Å². The largest absolute Gasteiger partial charge is 0.449 e. The number of carbonyl (C=O) groups excluding carboxylic acids is 3. The minimum atomic E-state index is -4.69. The third-order valence-electron chi connectivity index (χ3n) is 7.58. The first-order chi connectivity index (χ1) is 20.5. The van der Waals surface area contributed by atoms with E-state index in [1.54, 1.807) is 6.07 Å². The molecular weight excluding hydrogens is 575 g/mol. The van der Waals surface area contributed by atoms with Crippen LogP contribution in [-0.2, 0) is 14.1 Å². The van der Waals surface area contributed by atoms with Crippen LogP contribution in [0.4, 0.5) is 10.5 Å². The zero-order valence-corrected chi connectivity index (χ0v) is 25.6. The summed E-state index contributed by atoms with van der Waals surface area (Å²) >= 11 is 0. The first-order valence-corrected chi connectivity index (χ1v) is 16.4. The van der Waals surface area contributed by atoms with E-state index >= 15 is 0 Å². The number of rotatable bonds is 10. The van der Waals surface area contributed by atoms with Crippen molar-refractivity contribution in [3.63, 3.8) is 0 Å². The van der Waals surface area contributed by atoms with Gasteiger partial charge in [-0.05, 0) is 25.6 Å². The van der Waals surface area contributed by atoms with E-state index in [4.69, 9.17) is 4.74 Å². The summed E-state index contributed by atoms with van der Waals surface area (Å²) in [6, 6.07) is 11.5. The number of carbonyl (C=O) groups is 3. The number of anilines is 1. The fourth-order valence-corrected chi connectivity index (χ4v) is 5.74. The first kappa shape index (κ1) is 32.4. The molecule has 2 aliphatic heterocycles. The molecule has 2 saturated heterocycles. The molecule has 0 spiro atoms. The second kappa shape index (κ2) is 14.8. The summed E-state index contributed by atoms with van der Waals surface area (Å²) in [7, 11) is -2.64. The van der Waals surface area contributed by atoms with Crippen molar-refractivity contribution in [1.82, 2.24) is 25.0 Å². The predicted octanol–water partition coefficient (Wildman–Crippen LogP) is 1.86. The van der Waals surface area contributed by atoms with Gasteiger partial charge in [0.15, 0.2) is 0 Å². The quantitative estimate of drug-likeness (QED) is 0.266. The van der Waals surface area contributed by atoms with E-state index in [9.17, 15) is 28.7 Å².